The van der Waals surface area contributed by atoms with Crippen LogP contribution in [0.5, 0.6) is 0 Å². The van der Waals surface area contributed by atoms with E-state index in [-0.39, 0.29) is 0 Å². The Morgan fingerprint density at radius 3 is 2.88 bits per heavy atom. The normalized spacial score (nSPS) is 11.4. The molecule has 120 valence electrons. The summed E-state index contributed by atoms with van der Waals surface area (Å²) in [6.45, 7) is 0. The van der Waals surface area contributed by atoms with E-state index < -0.39 is 0 Å². The second-order valence-electron chi connectivity index (χ2n) is 5.97. The highest BCUT2D eigenvalue weighted by atomic mass is 16.5. The van der Waals surface area contributed by atoms with Gasteiger partial charge in [0.2, 0.25) is 11.7 Å². The van der Waals surface area contributed by atoms with Crippen molar-refractivity contribution in [3.05, 3.63) is 78.4 Å². The van der Waals surface area contributed by atoms with Crippen molar-refractivity contribution in [3.8, 4) is 11.4 Å². The molecule has 0 aliphatic carbocycles. The van der Waals surface area contributed by atoms with Crippen molar-refractivity contribution in [3.63, 3.8) is 0 Å². The van der Waals surface area contributed by atoms with Gasteiger partial charge in [0, 0.05) is 34.2 Å². The van der Waals surface area contributed by atoms with Crippen molar-refractivity contribution >= 4 is 21.8 Å². The first-order valence-electron chi connectivity index (χ1n) is 8.09. The predicted octanol–water partition coefficient (Wildman–Crippen LogP) is 4.36. The van der Waals surface area contributed by atoms with Crippen molar-refractivity contribution in [2.75, 3.05) is 0 Å². The first kappa shape index (κ1) is 13.9. The zero-order valence-electron chi connectivity index (χ0n) is 13.3. The van der Waals surface area contributed by atoms with Crippen LogP contribution in [-0.4, -0.2) is 20.1 Å². The van der Waals surface area contributed by atoms with Crippen LogP contribution in [0.25, 0.3) is 33.2 Å². The average Bonchev–Trinajstić information content (AvgIpc) is 3.28. The molecule has 3 aromatic heterocycles. The molecule has 5 rings (SSSR count). The number of benzene rings is 2. The molecular weight excluding hydrogens is 312 g/mol. The highest BCUT2D eigenvalue weighted by molar-refractivity contribution is 5.93. The molecule has 5 heteroatoms. The Hall–Kier alpha value is -3.47. The summed E-state index contributed by atoms with van der Waals surface area (Å²) in [4.78, 5) is 12.3. The number of pyridine rings is 1. The number of para-hydroxylation sites is 2. The summed E-state index contributed by atoms with van der Waals surface area (Å²) in [6.07, 6.45) is 4.34. The zero-order chi connectivity index (χ0) is 16.6. The van der Waals surface area contributed by atoms with E-state index in [1.54, 1.807) is 0 Å². The van der Waals surface area contributed by atoms with Gasteiger partial charge in [0.05, 0.1) is 11.9 Å². The van der Waals surface area contributed by atoms with Gasteiger partial charge < -0.3 is 9.51 Å². The van der Waals surface area contributed by atoms with Crippen LogP contribution >= 0.6 is 0 Å². The molecule has 1 N–H and O–H groups in total. The largest absolute Gasteiger partial charge is 0.360 e. The second kappa shape index (κ2) is 5.56. The van der Waals surface area contributed by atoms with Gasteiger partial charge in [0.25, 0.3) is 0 Å². The number of rotatable bonds is 3. The third kappa shape index (κ3) is 2.46. The maximum atomic E-state index is 5.45. The topological polar surface area (TPSA) is 67.6 Å². The zero-order valence-corrected chi connectivity index (χ0v) is 13.3. The number of aromatic amines is 1. The fourth-order valence-electron chi connectivity index (χ4n) is 3.08. The summed E-state index contributed by atoms with van der Waals surface area (Å²) in [5.74, 6) is 1.18. The van der Waals surface area contributed by atoms with E-state index in [0.29, 0.717) is 18.1 Å². The summed E-state index contributed by atoms with van der Waals surface area (Å²) in [7, 11) is 0. The Labute approximate surface area is 143 Å². The highest BCUT2D eigenvalue weighted by Crippen LogP contribution is 2.26. The van der Waals surface area contributed by atoms with Gasteiger partial charge in [0.15, 0.2) is 0 Å². The summed E-state index contributed by atoms with van der Waals surface area (Å²) in [5.41, 5.74) is 4.04. The molecule has 0 spiro atoms. The third-order valence-corrected chi connectivity index (χ3v) is 4.30. The second-order valence-corrected chi connectivity index (χ2v) is 5.97. The van der Waals surface area contributed by atoms with E-state index in [1.165, 1.54) is 0 Å². The minimum absolute atomic E-state index is 0.563. The number of hydrogen-bond donors (Lipinski definition) is 1. The van der Waals surface area contributed by atoms with Crippen molar-refractivity contribution in [2.24, 2.45) is 0 Å². The summed E-state index contributed by atoms with van der Waals surface area (Å²) in [6, 6.07) is 18.2. The lowest BCUT2D eigenvalue weighted by Crippen LogP contribution is -1.90. The number of fused-ring (bicyclic) bond motifs is 2. The van der Waals surface area contributed by atoms with Crippen LogP contribution in [0.4, 0.5) is 0 Å². The predicted molar refractivity (Wildman–Crippen MR) is 96.1 cm³/mol. The molecule has 5 nitrogen and oxygen atoms in total. The Morgan fingerprint density at radius 1 is 1.00 bits per heavy atom. The Balaban J connectivity index is 1.47. The maximum Gasteiger partial charge on any atom is 0.231 e. The molecule has 3 heterocycles. The summed E-state index contributed by atoms with van der Waals surface area (Å²) < 4.78 is 5.45. The lowest BCUT2D eigenvalue weighted by Gasteiger charge is -2.00. The van der Waals surface area contributed by atoms with Gasteiger partial charge in [-0.2, -0.15) is 4.98 Å². The fraction of sp³-hybridized carbons (Fsp3) is 0.0500. The smallest absolute Gasteiger partial charge is 0.231 e. The molecule has 2 aromatic carbocycles. The van der Waals surface area contributed by atoms with Crippen LogP contribution < -0.4 is 0 Å². The molecule has 0 aliphatic rings. The monoisotopic (exact) mass is 326 g/mol. The van der Waals surface area contributed by atoms with Gasteiger partial charge in [-0.05, 0) is 23.8 Å². The van der Waals surface area contributed by atoms with Crippen LogP contribution in [0.3, 0.4) is 0 Å². The van der Waals surface area contributed by atoms with Crippen LogP contribution in [0.15, 0.2) is 71.5 Å². The van der Waals surface area contributed by atoms with Gasteiger partial charge in [-0.1, -0.05) is 41.6 Å². The van der Waals surface area contributed by atoms with Crippen LogP contribution in [0, 0.1) is 0 Å². The number of nitrogens with one attached hydrogen (secondary N) is 1. The molecule has 0 aliphatic heterocycles. The molecule has 0 saturated carbocycles. The molecule has 0 fully saturated rings. The quantitative estimate of drug-likeness (QED) is 0.535. The van der Waals surface area contributed by atoms with Crippen LogP contribution in [-0.2, 0) is 6.42 Å². The molecule has 0 atom stereocenters. The number of H-pyrrole nitrogens is 1. The molecule has 0 bridgehead atoms. The minimum Gasteiger partial charge on any atom is -0.360 e. The Bertz CT molecular complexity index is 1190. The van der Waals surface area contributed by atoms with Crippen molar-refractivity contribution in [1.29, 1.82) is 0 Å². The molecule has 0 saturated heterocycles. The van der Waals surface area contributed by atoms with Crippen molar-refractivity contribution in [2.45, 2.75) is 6.42 Å². The van der Waals surface area contributed by atoms with E-state index in [0.717, 1.165) is 32.9 Å². The van der Waals surface area contributed by atoms with Gasteiger partial charge in [-0.3, -0.25) is 4.98 Å². The first-order valence-corrected chi connectivity index (χ1v) is 8.09. The van der Waals surface area contributed by atoms with Gasteiger partial charge >= 0.3 is 0 Å². The third-order valence-electron chi connectivity index (χ3n) is 4.30. The Morgan fingerprint density at radius 2 is 1.88 bits per heavy atom. The molecule has 25 heavy (non-hydrogen) atoms. The SMILES string of the molecule is c1ccc2ncc(Cc3nc(-c4c[nH]c5ccccc45)no3)cc2c1. The van der Waals surface area contributed by atoms with Crippen molar-refractivity contribution in [1.82, 2.24) is 20.1 Å². The van der Waals surface area contributed by atoms with Crippen LogP contribution in [0.2, 0.25) is 0 Å². The van der Waals surface area contributed by atoms with Gasteiger partial charge in [-0.25, -0.2) is 0 Å². The van der Waals surface area contributed by atoms with E-state index in [4.69, 9.17) is 4.52 Å². The summed E-state index contributed by atoms with van der Waals surface area (Å²) >= 11 is 0. The molecule has 0 radical (unpaired) electrons. The van der Waals surface area contributed by atoms with Gasteiger partial charge in [-0.15, -0.1) is 0 Å². The number of nitrogens with zero attached hydrogens (tertiary/aromatic N) is 3. The van der Waals surface area contributed by atoms with Gasteiger partial charge in [0.1, 0.15) is 0 Å². The minimum atomic E-state index is 0.563. The van der Waals surface area contributed by atoms with Crippen molar-refractivity contribution < 1.29 is 4.52 Å². The summed E-state index contributed by atoms with van der Waals surface area (Å²) in [5, 5.41) is 6.33. The average molecular weight is 326 g/mol. The Kier molecular flexibility index (Phi) is 3.10. The maximum absolute atomic E-state index is 5.45. The van der Waals surface area contributed by atoms with E-state index >= 15 is 0 Å². The standard InChI is InChI=1S/C20H14N4O/c1-3-7-17-14(5-1)9-13(11-21-17)10-19-23-20(24-25-19)16-12-22-18-8-4-2-6-15(16)18/h1-9,11-12,22H,10H2. The molecule has 0 amide bonds. The molecule has 0 unspecified atom stereocenters. The molecule has 5 aromatic rings. The highest BCUT2D eigenvalue weighted by Gasteiger charge is 2.13. The molecular formula is C20H14N4O. The fourth-order valence-corrected chi connectivity index (χ4v) is 3.08. The lowest BCUT2D eigenvalue weighted by molar-refractivity contribution is 0.385. The lowest BCUT2D eigenvalue weighted by atomic mass is 10.1. The van der Waals surface area contributed by atoms with E-state index in [1.807, 2.05) is 54.9 Å². The number of hydrogen-bond acceptors (Lipinski definition) is 4. The first-order chi connectivity index (χ1) is 12.4. The van der Waals surface area contributed by atoms with E-state index in [9.17, 15) is 0 Å². The van der Waals surface area contributed by atoms with Crippen LogP contribution in [0.1, 0.15) is 11.5 Å². The number of aromatic nitrogens is 4. The van der Waals surface area contributed by atoms with E-state index in [2.05, 4.69) is 32.2 Å².